The average Bonchev–Trinajstić information content (AvgIpc) is 3.50. The summed E-state index contributed by atoms with van der Waals surface area (Å²) in [5, 5.41) is 3.93. The van der Waals surface area contributed by atoms with Crippen molar-refractivity contribution in [3.05, 3.63) is 53.9 Å². The van der Waals surface area contributed by atoms with Crippen molar-refractivity contribution in [1.29, 1.82) is 0 Å². The minimum absolute atomic E-state index is 0.0317. The number of anilines is 2. The number of nitrogens with two attached hydrogens (primary N) is 1. The predicted molar refractivity (Wildman–Crippen MR) is 125 cm³/mol. The quantitative estimate of drug-likeness (QED) is 0.376. The summed E-state index contributed by atoms with van der Waals surface area (Å²) in [4.78, 5) is 8.90. The Morgan fingerprint density at radius 1 is 1.20 bits per heavy atom. The third kappa shape index (κ3) is 4.51. The normalized spacial score (nSPS) is 17.1. The van der Waals surface area contributed by atoms with E-state index < -0.39 is 17.8 Å². The van der Waals surface area contributed by atoms with Crippen molar-refractivity contribution in [2.75, 3.05) is 31.4 Å². The van der Waals surface area contributed by atoms with Crippen molar-refractivity contribution in [1.82, 2.24) is 14.4 Å². The maximum atomic E-state index is 13.3. The fraction of sp³-hybridized carbons (Fsp3) is 0.333. The summed E-state index contributed by atoms with van der Waals surface area (Å²) in [5.41, 5.74) is 6.12. The highest BCUT2D eigenvalue weighted by atomic mass is 19.4. The first kappa shape index (κ1) is 23.0. The molecule has 5 rings (SSSR count). The van der Waals surface area contributed by atoms with Gasteiger partial charge in [-0.05, 0) is 36.8 Å². The van der Waals surface area contributed by atoms with Gasteiger partial charge in [-0.3, -0.25) is 4.40 Å². The Morgan fingerprint density at radius 2 is 2.03 bits per heavy atom. The maximum Gasteiger partial charge on any atom is 0.416 e. The number of benzene rings is 2. The Balaban J connectivity index is 1.59. The predicted octanol–water partition coefficient (Wildman–Crippen LogP) is 4.83. The molecule has 0 radical (unpaired) electrons. The van der Waals surface area contributed by atoms with Gasteiger partial charge in [-0.15, -0.1) is 0 Å². The largest absolute Gasteiger partial charge is 0.493 e. The second-order valence-corrected chi connectivity index (χ2v) is 8.43. The zero-order valence-corrected chi connectivity index (χ0v) is 19.1. The Labute approximate surface area is 198 Å². The van der Waals surface area contributed by atoms with Crippen LogP contribution < -0.4 is 20.5 Å². The van der Waals surface area contributed by atoms with Crippen LogP contribution in [0, 0.1) is 0 Å². The minimum Gasteiger partial charge on any atom is -0.493 e. The summed E-state index contributed by atoms with van der Waals surface area (Å²) in [7, 11) is 1.56. The lowest BCUT2D eigenvalue weighted by atomic mass is 10.0. The van der Waals surface area contributed by atoms with Gasteiger partial charge in [0.05, 0.1) is 37.4 Å². The first-order valence-corrected chi connectivity index (χ1v) is 11.1. The lowest BCUT2D eigenvalue weighted by molar-refractivity contribution is -0.137. The zero-order valence-electron chi connectivity index (χ0n) is 19.1. The van der Waals surface area contributed by atoms with Crippen LogP contribution in [0.4, 0.5) is 24.7 Å². The third-order valence-electron chi connectivity index (χ3n) is 5.97. The van der Waals surface area contributed by atoms with E-state index >= 15 is 0 Å². The Morgan fingerprint density at radius 3 is 2.74 bits per heavy atom. The summed E-state index contributed by atoms with van der Waals surface area (Å²) in [5.74, 6) is 1.93. The third-order valence-corrected chi connectivity index (χ3v) is 5.97. The van der Waals surface area contributed by atoms with Crippen molar-refractivity contribution in [2.45, 2.75) is 31.7 Å². The number of ether oxygens (including phenoxy) is 3. The van der Waals surface area contributed by atoms with Crippen LogP contribution in [0.15, 0.2) is 42.7 Å². The van der Waals surface area contributed by atoms with Gasteiger partial charge in [0.15, 0.2) is 11.5 Å². The van der Waals surface area contributed by atoms with E-state index in [4.69, 9.17) is 19.9 Å². The van der Waals surface area contributed by atoms with Crippen LogP contribution in [0.1, 0.15) is 30.5 Å². The molecule has 1 saturated heterocycles. The highest BCUT2D eigenvalue weighted by Gasteiger charge is 2.31. The van der Waals surface area contributed by atoms with E-state index in [0.717, 1.165) is 24.1 Å². The molecule has 8 nitrogen and oxygen atoms in total. The van der Waals surface area contributed by atoms with Gasteiger partial charge in [-0.25, -0.2) is 4.98 Å². The molecule has 1 fully saturated rings. The number of rotatable bonds is 6. The van der Waals surface area contributed by atoms with E-state index in [2.05, 4.69) is 15.3 Å². The van der Waals surface area contributed by atoms with Crippen molar-refractivity contribution in [2.24, 2.45) is 0 Å². The molecule has 2 aromatic heterocycles. The molecule has 0 unspecified atom stereocenters. The van der Waals surface area contributed by atoms with E-state index in [1.54, 1.807) is 30.8 Å². The van der Waals surface area contributed by atoms with Crippen LogP contribution in [-0.4, -0.2) is 40.8 Å². The van der Waals surface area contributed by atoms with Gasteiger partial charge in [0, 0.05) is 36.0 Å². The van der Waals surface area contributed by atoms with Crippen molar-refractivity contribution in [3.63, 3.8) is 0 Å². The number of hydrogen-bond donors (Lipinski definition) is 2. The summed E-state index contributed by atoms with van der Waals surface area (Å²) < 4.78 is 58.9. The molecular weight excluding hydrogens is 463 g/mol. The minimum atomic E-state index is -4.50. The lowest BCUT2D eigenvalue weighted by Crippen LogP contribution is -2.16. The number of alkyl halides is 3. The molecule has 3 heterocycles. The fourth-order valence-corrected chi connectivity index (χ4v) is 4.19. The monoisotopic (exact) mass is 487 g/mol. The SMILES string of the molecule is COc1cc2c(cc1O[C@H]1CCOC1)c(N[C@H](C)c1cc(N)cc(C(F)(F)F)c1)nc1nccn12. The molecule has 4 aromatic rings. The molecule has 2 atom stereocenters. The molecule has 1 aliphatic heterocycles. The zero-order chi connectivity index (χ0) is 24.7. The van der Waals surface area contributed by atoms with Gasteiger partial charge >= 0.3 is 6.18 Å². The molecule has 3 N–H and O–H groups in total. The molecule has 0 amide bonds. The molecule has 184 valence electrons. The molecule has 0 saturated carbocycles. The van der Waals surface area contributed by atoms with Gasteiger partial charge in [0.25, 0.3) is 0 Å². The van der Waals surface area contributed by atoms with Gasteiger partial charge in [-0.1, -0.05) is 0 Å². The van der Waals surface area contributed by atoms with Gasteiger partial charge < -0.3 is 25.3 Å². The number of aromatic nitrogens is 3. The fourth-order valence-electron chi connectivity index (χ4n) is 4.19. The maximum absolute atomic E-state index is 13.3. The van der Waals surface area contributed by atoms with Crippen molar-refractivity contribution < 1.29 is 27.4 Å². The molecule has 1 aliphatic rings. The van der Waals surface area contributed by atoms with Gasteiger partial charge in [0.1, 0.15) is 11.9 Å². The number of hydrogen-bond acceptors (Lipinski definition) is 7. The number of nitrogens with zero attached hydrogens (tertiary/aromatic N) is 3. The number of fused-ring (bicyclic) bond motifs is 3. The van der Waals surface area contributed by atoms with Crippen molar-refractivity contribution >= 4 is 28.2 Å². The second-order valence-electron chi connectivity index (χ2n) is 8.43. The first-order valence-electron chi connectivity index (χ1n) is 11.1. The van der Waals surface area contributed by atoms with Crippen LogP contribution in [0.2, 0.25) is 0 Å². The van der Waals surface area contributed by atoms with E-state index in [9.17, 15) is 13.2 Å². The molecule has 0 spiro atoms. The molecule has 11 heteroatoms. The Bertz CT molecular complexity index is 1380. The highest BCUT2D eigenvalue weighted by molar-refractivity contribution is 5.94. The van der Waals surface area contributed by atoms with E-state index in [-0.39, 0.29) is 11.8 Å². The Kier molecular flexibility index (Phi) is 5.79. The summed E-state index contributed by atoms with van der Waals surface area (Å²) in [6.07, 6.45) is -0.449. The lowest BCUT2D eigenvalue weighted by Gasteiger charge is -2.20. The number of halogens is 3. The van der Waals surface area contributed by atoms with Crippen LogP contribution in [0.3, 0.4) is 0 Å². The topological polar surface area (TPSA) is 95.9 Å². The van der Waals surface area contributed by atoms with E-state index in [0.29, 0.717) is 47.3 Å². The van der Waals surface area contributed by atoms with Crippen LogP contribution >= 0.6 is 0 Å². The van der Waals surface area contributed by atoms with E-state index in [1.807, 2.05) is 12.1 Å². The summed E-state index contributed by atoms with van der Waals surface area (Å²) >= 11 is 0. The molecular formula is C24H24F3N5O3. The Hall–Kier alpha value is -3.73. The standard InChI is InChI=1S/C24H24F3N5O3/c1-13(14-7-15(24(25,26)27)9-16(28)8-14)30-22-18-10-21(35-17-3-6-34-12-17)20(33-2)11-19(18)32-5-4-29-23(32)31-22/h4-5,7-11,13,17H,3,6,12,28H2,1-2H3,(H,29,30,31)/t13-,17+/m1/s1. The molecule has 0 bridgehead atoms. The van der Waals surface area contributed by atoms with Gasteiger partial charge in [0.2, 0.25) is 5.78 Å². The van der Waals surface area contributed by atoms with Crippen LogP contribution in [0.25, 0.3) is 16.7 Å². The van der Waals surface area contributed by atoms with Crippen molar-refractivity contribution in [3.8, 4) is 11.5 Å². The number of nitrogens with one attached hydrogen (secondary N) is 1. The number of nitrogen functional groups attached to an aromatic ring is 1. The van der Waals surface area contributed by atoms with Crippen LogP contribution in [-0.2, 0) is 10.9 Å². The molecule has 35 heavy (non-hydrogen) atoms. The van der Waals surface area contributed by atoms with Gasteiger partial charge in [-0.2, -0.15) is 18.2 Å². The molecule has 0 aliphatic carbocycles. The highest BCUT2D eigenvalue weighted by Crippen LogP contribution is 2.38. The number of imidazole rings is 1. The average molecular weight is 487 g/mol. The molecule has 2 aromatic carbocycles. The van der Waals surface area contributed by atoms with Crippen LogP contribution in [0.5, 0.6) is 11.5 Å². The smallest absolute Gasteiger partial charge is 0.416 e. The first-order chi connectivity index (χ1) is 16.7. The summed E-state index contributed by atoms with van der Waals surface area (Å²) in [6, 6.07) is 6.62. The number of methoxy groups -OCH3 is 1. The second kappa shape index (κ2) is 8.81. The van der Waals surface area contributed by atoms with E-state index in [1.165, 1.54) is 6.07 Å². The summed E-state index contributed by atoms with van der Waals surface area (Å²) in [6.45, 7) is 2.86.